The topological polar surface area (TPSA) is 63.2 Å². The van der Waals surface area contributed by atoms with E-state index in [0.29, 0.717) is 5.02 Å². The number of nitrogens with one attached hydrogen (secondary N) is 1. The molecule has 122 valence electrons. The van der Waals surface area contributed by atoms with Gasteiger partial charge in [-0.15, -0.1) is 0 Å². The molecule has 0 aliphatic heterocycles. The number of amides is 1. The van der Waals surface area contributed by atoms with Gasteiger partial charge >= 0.3 is 0 Å². The molecule has 0 saturated carbocycles. The van der Waals surface area contributed by atoms with Crippen LogP contribution in [-0.4, -0.2) is 20.1 Å². The van der Waals surface area contributed by atoms with Crippen molar-refractivity contribution in [3.63, 3.8) is 0 Å². The lowest BCUT2D eigenvalue weighted by Crippen LogP contribution is -2.32. The minimum absolute atomic E-state index is 0.0839. The summed E-state index contributed by atoms with van der Waals surface area (Å²) in [5, 5.41) is 3.18. The Morgan fingerprint density at radius 1 is 1.13 bits per heavy atom. The highest BCUT2D eigenvalue weighted by atomic mass is 35.5. The molecule has 0 spiro atoms. The van der Waals surface area contributed by atoms with E-state index in [1.54, 1.807) is 0 Å². The highest BCUT2D eigenvalue weighted by molar-refractivity contribution is 7.92. The quantitative estimate of drug-likeness (QED) is 0.898. The van der Waals surface area contributed by atoms with Crippen molar-refractivity contribution in [2.75, 3.05) is 5.75 Å². The maximum atomic E-state index is 12.2. The number of hydrogen-bond donors (Lipinski definition) is 1. The normalized spacial score (nSPS) is 12.7. The van der Waals surface area contributed by atoms with Crippen LogP contribution in [0.5, 0.6) is 0 Å². The monoisotopic (exact) mass is 351 g/mol. The molecule has 2 rings (SSSR count). The molecule has 0 aliphatic carbocycles. The molecule has 4 nitrogen and oxygen atoms in total. The summed E-state index contributed by atoms with van der Waals surface area (Å²) >= 11 is 5.74. The molecule has 0 aliphatic rings. The van der Waals surface area contributed by atoms with Crippen LogP contribution < -0.4 is 5.32 Å². The van der Waals surface area contributed by atoms with Gasteiger partial charge in [0.05, 0.1) is 10.9 Å². The largest absolute Gasteiger partial charge is 0.349 e. The fourth-order valence-corrected chi connectivity index (χ4v) is 3.60. The Labute approximate surface area is 141 Å². The summed E-state index contributed by atoms with van der Waals surface area (Å²) < 4.78 is 24.5. The number of rotatable bonds is 5. The molecule has 0 fully saturated rings. The average Bonchev–Trinajstić information content (AvgIpc) is 2.47. The van der Waals surface area contributed by atoms with Crippen LogP contribution in [0.3, 0.4) is 0 Å². The van der Waals surface area contributed by atoms with Gasteiger partial charge in [0.25, 0.3) is 0 Å². The van der Waals surface area contributed by atoms with E-state index in [-0.39, 0.29) is 10.9 Å². The van der Waals surface area contributed by atoms with Gasteiger partial charge in [0.15, 0.2) is 9.84 Å². The van der Waals surface area contributed by atoms with Crippen molar-refractivity contribution < 1.29 is 13.2 Å². The Morgan fingerprint density at radius 3 is 2.35 bits per heavy atom. The molecule has 1 N–H and O–H groups in total. The highest BCUT2D eigenvalue weighted by Crippen LogP contribution is 2.18. The lowest BCUT2D eigenvalue weighted by Gasteiger charge is -2.16. The predicted octanol–water partition coefficient (Wildman–Crippen LogP) is 3.30. The first-order valence-electron chi connectivity index (χ1n) is 7.13. The second-order valence-corrected chi connectivity index (χ2v) is 7.78. The third-order valence-corrected chi connectivity index (χ3v) is 5.41. The Kier molecular flexibility index (Phi) is 5.44. The molecule has 1 unspecified atom stereocenters. The summed E-state index contributed by atoms with van der Waals surface area (Å²) in [4.78, 5) is 12.2. The second-order valence-electron chi connectivity index (χ2n) is 5.36. The number of sulfone groups is 1. The third-order valence-electron chi connectivity index (χ3n) is 3.53. The minimum atomic E-state index is -3.68. The lowest BCUT2D eigenvalue weighted by atomic mass is 10.0. The molecule has 1 amide bonds. The van der Waals surface area contributed by atoms with Crippen molar-refractivity contribution in [2.45, 2.75) is 24.8 Å². The fourth-order valence-electron chi connectivity index (χ4n) is 2.33. The number of hydrogen-bond acceptors (Lipinski definition) is 3. The summed E-state index contributed by atoms with van der Waals surface area (Å²) in [6.07, 6.45) is 0. The second kappa shape index (κ2) is 7.15. The summed E-state index contributed by atoms with van der Waals surface area (Å²) in [5.41, 5.74) is 2.01. The molecule has 1 atom stereocenters. The smallest absolute Gasteiger partial charge is 0.236 e. The standard InChI is InChI=1S/C17H18ClNO3S/c1-12-5-3-4-6-16(12)13(2)19-17(20)11-23(21,22)15-9-7-14(18)8-10-15/h3-10,13H,11H2,1-2H3,(H,19,20). The molecule has 0 radical (unpaired) electrons. The van der Waals surface area contributed by atoms with E-state index in [9.17, 15) is 13.2 Å². The average molecular weight is 352 g/mol. The van der Waals surface area contributed by atoms with Crippen molar-refractivity contribution in [3.8, 4) is 0 Å². The summed E-state index contributed by atoms with van der Waals surface area (Å²) in [6, 6.07) is 13.2. The third kappa shape index (κ3) is 4.56. The molecule has 2 aromatic carbocycles. The first-order chi connectivity index (χ1) is 10.8. The molecule has 6 heteroatoms. The zero-order valence-corrected chi connectivity index (χ0v) is 14.5. The predicted molar refractivity (Wildman–Crippen MR) is 91.2 cm³/mol. The molecule has 0 heterocycles. The SMILES string of the molecule is Cc1ccccc1C(C)NC(=O)CS(=O)(=O)c1ccc(Cl)cc1. The summed E-state index contributed by atoms with van der Waals surface area (Å²) in [5.74, 6) is -1.12. The molecule has 23 heavy (non-hydrogen) atoms. The first-order valence-corrected chi connectivity index (χ1v) is 9.16. The van der Waals surface area contributed by atoms with E-state index in [2.05, 4.69) is 5.32 Å². The fraction of sp³-hybridized carbons (Fsp3) is 0.235. The molecule has 2 aromatic rings. The first kappa shape index (κ1) is 17.5. The summed E-state index contributed by atoms with van der Waals surface area (Å²) in [7, 11) is -3.68. The van der Waals surface area contributed by atoms with Gasteiger partial charge in [-0.05, 0) is 49.2 Å². The van der Waals surface area contributed by atoms with Crippen LogP contribution in [0, 0.1) is 6.92 Å². The number of carbonyl (C=O) groups is 1. The Hall–Kier alpha value is -1.85. The van der Waals surface area contributed by atoms with E-state index >= 15 is 0 Å². The zero-order valence-electron chi connectivity index (χ0n) is 12.9. The number of aryl methyl sites for hydroxylation is 1. The van der Waals surface area contributed by atoms with Crippen LogP contribution >= 0.6 is 11.6 Å². The number of carbonyl (C=O) groups excluding carboxylic acids is 1. The maximum Gasteiger partial charge on any atom is 0.236 e. The van der Waals surface area contributed by atoms with Crippen molar-refractivity contribution >= 4 is 27.3 Å². The van der Waals surface area contributed by atoms with Gasteiger partial charge in [-0.25, -0.2) is 8.42 Å². The van der Waals surface area contributed by atoms with Crippen molar-refractivity contribution in [1.82, 2.24) is 5.32 Å². The van der Waals surface area contributed by atoms with Gasteiger partial charge in [0.2, 0.25) is 5.91 Å². The van der Waals surface area contributed by atoms with Gasteiger partial charge in [-0.1, -0.05) is 35.9 Å². The number of benzene rings is 2. The van der Waals surface area contributed by atoms with Gasteiger partial charge in [0, 0.05) is 5.02 Å². The van der Waals surface area contributed by atoms with Crippen LogP contribution in [-0.2, 0) is 14.6 Å². The van der Waals surface area contributed by atoms with E-state index in [0.717, 1.165) is 11.1 Å². The molecular weight excluding hydrogens is 334 g/mol. The maximum absolute atomic E-state index is 12.2. The van der Waals surface area contributed by atoms with E-state index in [1.165, 1.54) is 24.3 Å². The van der Waals surface area contributed by atoms with Crippen LogP contribution in [0.25, 0.3) is 0 Å². The summed E-state index contributed by atoms with van der Waals surface area (Å²) in [6.45, 7) is 3.78. The van der Waals surface area contributed by atoms with Crippen molar-refractivity contribution in [3.05, 3.63) is 64.7 Å². The van der Waals surface area contributed by atoms with Gasteiger partial charge < -0.3 is 5.32 Å². The van der Waals surface area contributed by atoms with E-state index in [1.807, 2.05) is 38.1 Å². The van der Waals surface area contributed by atoms with Gasteiger partial charge in [0.1, 0.15) is 5.75 Å². The lowest BCUT2D eigenvalue weighted by molar-refractivity contribution is -0.119. The van der Waals surface area contributed by atoms with E-state index < -0.39 is 21.5 Å². The minimum Gasteiger partial charge on any atom is -0.349 e. The zero-order chi connectivity index (χ0) is 17.0. The van der Waals surface area contributed by atoms with Crippen LogP contribution in [0.15, 0.2) is 53.4 Å². The van der Waals surface area contributed by atoms with Crippen molar-refractivity contribution in [2.24, 2.45) is 0 Å². The highest BCUT2D eigenvalue weighted by Gasteiger charge is 2.21. The molecular formula is C17H18ClNO3S. The van der Waals surface area contributed by atoms with E-state index in [4.69, 9.17) is 11.6 Å². The van der Waals surface area contributed by atoms with Gasteiger partial charge in [-0.3, -0.25) is 4.79 Å². The molecule has 0 bridgehead atoms. The molecule has 0 saturated heterocycles. The van der Waals surface area contributed by atoms with Crippen LogP contribution in [0.4, 0.5) is 0 Å². The Balaban J connectivity index is 2.07. The van der Waals surface area contributed by atoms with Crippen molar-refractivity contribution in [1.29, 1.82) is 0 Å². The van der Waals surface area contributed by atoms with Gasteiger partial charge in [-0.2, -0.15) is 0 Å². The van der Waals surface area contributed by atoms with Crippen LogP contribution in [0.2, 0.25) is 5.02 Å². The number of halogens is 1. The van der Waals surface area contributed by atoms with Crippen LogP contribution in [0.1, 0.15) is 24.1 Å². The Bertz CT molecular complexity index is 801. The molecule has 0 aromatic heterocycles. The Morgan fingerprint density at radius 2 is 1.74 bits per heavy atom.